The van der Waals surface area contributed by atoms with E-state index in [-0.39, 0.29) is 0 Å². The number of fused-ring (bicyclic) bond motifs is 1. The predicted molar refractivity (Wildman–Crippen MR) is 86.8 cm³/mol. The monoisotopic (exact) mass is 278 g/mol. The lowest BCUT2D eigenvalue weighted by Gasteiger charge is -2.15. The normalized spacial score (nSPS) is 11.0. The molecule has 106 valence electrons. The van der Waals surface area contributed by atoms with Crippen LogP contribution in [0.4, 0.5) is 5.69 Å². The summed E-state index contributed by atoms with van der Waals surface area (Å²) in [6.45, 7) is 4.30. The predicted octanol–water partition coefficient (Wildman–Crippen LogP) is 4.73. The van der Waals surface area contributed by atoms with E-state index in [1.54, 1.807) is 12.4 Å². The Bertz CT molecular complexity index is 781. The second kappa shape index (κ2) is 5.44. The van der Waals surface area contributed by atoms with Gasteiger partial charge in [0.05, 0.1) is 5.69 Å². The molecule has 1 aromatic heterocycles. The second-order valence-electron chi connectivity index (χ2n) is 5.37. The smallest absolute Gasteiger partial charge is 0.150 e. The first kappa shape index (κ1) is 13.4. The Morgan fingerprint density at radius 1 is 1.00 bits per heavy atom. The number of pyridine rings is 1. The van der Waals surface area contributed by atoms with Crippen LogP contribution in [0.2, 0.25) is 0 Å². The Morgan fingerprint density at radius 2 is 1.81 bits per heavy atom. The third-order valence-corrected chi connectivity index (χ3v) is 3.58. The molecule has 3 heteroatoms. The summed E-state index contributed by atoms with van der Waals surface area (Å²) in [7, 11) is 0. The van der Waals surface area contributed by atoms with E-state index in [2.05, 4.69) is 24.9 Å². The Morgan fingerprint density at radius 3 is 2.62 bits per heavy atom. The first-order chi connectivity index (χ1) is 10.2. The summed E-state index contributed by atoms with van der Waals surface area (Å²) in [6, 6.07) is 13.8. The SMILES string of the molecule is CC(C)c1ccccc1Oc1ccc2cnccc2c1N. The zero-order chi connectivity index (χ0) is 14.8. The van der Waals surface area contributed by atoms with Crippen LogP contribution >= 0.6 is 0 Å². The molecule has 2 N–H and O–H groups in total. The minimum Gasteiger partial charge on any atom is -0.455 e. The molecule has 0 atom stereocenters. The highest BCUT2D eigenvalue weighted by Crippen LogP contribution is 2.36. The van der Waals surface area contributed by atoms with Gasteiger partial charge in [-0.2, -0.15) is 0 Å². The molecule has 0 saturated heterocycles. The molecule has 0 aliphatic heterocycles. The van der Waals surface area contributed by atoms with Crippen LogP contribution in [0.5, 0.6) is 11.5 Å². The van der Waals surface area contributed by atoms with Gasteiger partial charge in [-0.25, -0.2) is 0 Å². The van der Waals surface area contributed by atoms with Gasteiger partial charge in [-0.1, -0.05) is 32.0 Å². The lowest BCUT2D eigenvalue weighted by atomic mass is 10.0. The Hall–Kier alpha value is -2.55. The van der Waals surface area contributed by atoms with E-state index in [1.165, 1.54) is 5.56 Å². The zero-order valence-corrected chi connectivity index (χ0v) is 12.2. The maximum Gasteiger partial charge on any atom is 0.150 e. The number of hydrogen-bond donors (Lipinski definition) is 1. The van der Waals surface area contributed by atoms with Gasteiger partial charge in [-0.3, -0.25) is 4.98 Å². The van der Waals surface area contributed by atoms with Crippen LogP contribution in [-0.4, -0.2) is 4.98 Å². The number of para-hydroxylation sites is 1. The largest absolute Gasteiger partial charge is 0.455 e. The van der Waals surface area contributed by atoms with Gasteiger partial charge in [-0.05, 0) is 35.7 Å². The van der Waals surface area contributed by atoms with E-state index in [1.807, 2.05) is 36.4 Å². The third kappa shape index (κ3) is 2.55. The van der Waals surface area contributed by atoms with Gasteiger partial charge in [0.2, 0.25) is 0 Å². The lowest BCUT2D eigenvalue weighted by molar-refractivity contribution is 0.476. The molecule has 0 aliphatic carbocycles. The fourth-order valence-corrected chi connectivity index (χ4v) is 2.43. The topological polar surface area (TPSA) is 48.1 Å². The number of hydrogen-bond acceptors (Lipinski definition) is 3. The number of nitrogen functional groups attached to an aromatic ring is 1. The van der Waals surface area contributed by atoms with E-state index in [9.17, 15) is 0 Å². The summed E-state index contributed by atoms with van der Waals surface area (Å²) in [5, 5.41) is 1.98. The van der Waals surface area contributed by atoms with Crippen LogP contribution in [0.1, 0.15) is 25.3 Å². The van der Waals surface area contributed by atoms with Crippen molar-refractivity contribution in [1.29, 1.82) is 0 Å². The highest BCUT2D eigenvalue weighted by atomic mass is 16.5. The number of rotatable bonds is 3. The van der Waals surface area contributed by atoms with Crippen LogP contribution in [0.15, 0.2) is 54.9 Å². The number of nitrogens with zero attached hydrogens (tertiary/aromatic N) is 1. The van der Waals surface area contributed by atoms with Gasteiger partial charge >= 0.3 is 0 Å². The first-order valence-electron chi connectivity index (χ1n) is 7.06. The molecule has 0 radical (unpaired) electrons. The molecular formula is C18H18N2O. The van der Waals surface area contributed by atoms with E-state index >= 15 is 0 Å². The first-order valence-corrected chi connectivity index (χ1v) is 7.06. The minimum atomic E-state index is 0.395. The van der Waals surface area contributed by atoms with Gasteiger partial charge in [-0.15, -0.1) is 0 Å². The second-order valence-corrected chi connectivity index (χ2v) is 5.37. The van der Waals surface area contributed by atoms with Crippen LogP contribution in [-0.2, 0) is 0 Å². The molecule has 0 fully saturated rings. The van der Waals surface area contributed by atoms with Crippen molar-refractivity contribution in [3.8, 4) is 11.5 Å². The molecule has 3 aromatic rings. The fourth-order valence-electron chi connectivity index (χ4n) is 2.43. The molecule has 0 unspecified atom stereocenters. The standard InChI is InChI=1S/C18H18N2O/c1-12(2)14-5-3-4-6-16(14)21-17-8-7-13-11-20-10-9-15(13)18(17)19/h3-12H,19H2,1-2H3. The van der Waals surface area contributed by atoms with Crippen molar-refractivity contribution in [1.82, 2.24) is 4.98 Å². The molecule has 0 aliphatic rings. The average molecular weight is 278 g/mol. The maximum atomic E-state index is 6.24. The molecule has 0 spiro atoms. The summed E-state index contributed by atoms with van der Waals surface area (Å²) in [5.41, 5.74) is 8.06. The van der Waals surface area contributed by atoms with E-state index in [4.69, 9.17) is 10.5 Å². The van der Waals surface area contributed by atoms with Crippen LogP contribution < -0.4 is 10.5 Å². The fraction of sp³-hybridized carbons (Fsp3) is 0.167. The molecule has 21 heavy (non-hydrogen) atoms. The van der Waals surface area contributed by atoms with Gasteiger partial charge in [0.25, 0.3) is 0 Å². The van der Waals surface area contributed by atoms with Gasteiger partial charge in [0, 0.05) is 23.2 Å². The molecular weight excluding hydrogens is 260 g/mol. The molecule has 3 rings (SSSR count). The van der Waals surface area contributed by atoms with Crippen molar-refractivity contribution in [3.63, 3.8) is 0 Å². The maximum absolute atomic E-state index is 6.24. The summed E-state index contributed by atoms with van der Waals surface area (Å²) in [5.74, 6) is 1.93. The van der Waals surface area contributed by atoms with E-state index in [0.29, 0.717) is 17.4 Å². The zero-order valence-electron chi connectivity index (χ0n) is 12.2. The highest BCUT2D eigenvalue weighted by Gasteiger charge is 2.11. The molecule has 1 heterocycles. The van der Waals surface area contributed by atoms with Gasteiger partial charge in [0.15, 0.2) is 5.75 Å². The molecule has 0 bridgehead atoms. The van der Waals surface area contributed by atoms with E-state index in [0.717, 1.165) is 16.5 Å². The number of benzene rings is 2. The van der Waals surface area contributed by atoms with Crippen LogP contribution in [0.3, 0.4) is 0 Å². The molecule has 0 saturated carbocycles. The minimum absolute atomic E-state index is 0.395. The van der Waals surface area contributed by atoms with Gasteiger partial charge in [0.1, 0.15) is 5.75 Å². The quantitative estimate of drug-likeness (QED) is 0.704. The summed E-state index contributed by atoms with van der Waals surface area (Å²) < 4.78 is 6.06. The van der Waals surface area contributed by atoms with Crippen LogP contribution in [0, 0.1) is 0 Å². The Balaban J connectivity index is 2.05. The van der Waals surface area contributed by atoms with Crippen LogP contribution in [0.25, 0.3) is 10.8 Å². The highest BCUT2D eigenvalue weighted by molar-refractivity contribution is 5.95. The number of anilines is 1. The number of aromatic nitrogens is 1. The van der Waals surface area contributed by atoms with E-state index < -0.39 is 0 Å². The third-order valence-electron chi connectivity index (χ3n) is 3.58. The summed E-state index contributed by atoms with van der Waals surface area (Å²) in [4.78, 5) is 4.11. The van der Waals surface area contributed by atoms with Crippen molar-refractivity contribution in [3.05, 3.63) is 60.4 Å². The molecule has 2 aromatic carbocycles. The van der Waals surface area contributed by atoms with Crippen molar-refractivity contribution in [2.45, 2.75) is 19.8 Å². The molecule has 0 amide bonds. The van der Waals surface area contributed by atoms with Crippen molar-refractivity contribution in [2.24, 2.45) is 0 Å². The average Bonchev–Trinajstić information content (AvgIpc) is 2.51. The summed E-state index contributed by atoms with van der Waals surface area (Å²) in [6.07, 6.45) is 3.54. The Kier molecular flexibility index (Phi) is 3.48. The molecule has 3 nitrogen and oxygen atoms in total. The summed E-state index contributed by atoms with van der Waals surface area (Å²) >= 11 is 0. The Labute approximate surface area is 124 Å². The van der Waals surface area contributed by atoms with Gasteiger partial charge < -0.3 is 10.5 Å². The lowest BCUT2D eigenvalue weighted by Crippen LogP contribution is -1.97. The van der Waals surface area contributed by atoms with Crippen molar-refractivity contribution in [2.75, 3.05) is 5.73 Å². The van der Waals surface area contributed by atoms with Crippen molar-refractivity contribution >= 4 is 16.5 Å². The number of nitrogens with two attached hydrogens (primary N) is 1. The number of ether oxygens (including phenoxy) is 1. The van der Waals surface area contributed by atoms with Crippen molar-refractivity contribution < 1.29 is 4.74 Å².